The molecule has 1 aliphatic heterocycles. The molecule has 1 aliphatic carbocycles. The Morgan fingerprint density at radius 3 is 2.79 bits per heavy atom. The third-order valence-corrected chi connectivity index (χ3v) is 5.46. The largest absolute Gasteiger partial charge is 0.390 e. The van der Waals surface area contributed by atoms with Gasteiger partial charge >= 0.3 is 6.18 Å². The number of fused-ring (bicyclic) bond motifs is 1. The van der Waals surface area contributed by atoms with E-state index >= 15 is 0 Å². The van der Waals surface area contributed by atoms with Crippen molar-refractivity contribution in [3.63, 3.8) is 0 Å². The van der Waals surface area contributed by atoms with E-state index in [-0.39, 0.29) is 18.5 Å². The van der Waals surface area contributed by atoms with Gasteiger partial charge in [-0.1, -0.05) is 12.8 Å². The first-order valence-corrected chi connectivity index (χ1v) is 9.56. The number of halogens is 3. The van der Waals surface area contributed by atoms with E-state index in [9.17, 15) is 18.0 Å². The van der Waals surface area contributed by atoms with Crippen LogP contribution in [0.4, 0.5) is 19.0 Å². The van der Waals surface area contributed by atoms with Gasteiger partial charge in [-0.2, -0.15) is 13.2 Å². The Balaban J connectivity index is 1.57. The van der Waals surface area contributed by atoms with Crippen LogP contribution in [0.2, 0.25) is 0 Å². The lowest BCUT2D eigenvalue weighted by atomic mass is 10.1. The van der Waals surface area contributed by atoms with Crippen molar-refractivity contribution in [1.82, 2.24) is 19.9 Å². The lowest BCUT2D eigenvalue weighted by Gasteiger charge is -2.29. The smallest absolute Gasteiger partial charge is 0.369 e. The molecule has 2 aromatic heterocycles. The SMILES string of the molecule is O=C(c1cc(-c2ncnc3c2CCN3)c[nH]1)N(CCC(F)(F)F)C1CCCC1. The summed E-state index contributed by atoms with van der Waals surface area (Å²) in [6.45, 7) is 0.471. The maximum absolute atomic E-state index is 13.0. The van der Waals surface area contributed by atoms with Crippen LogP contribution in [0.1, 0.15) is 48.2 Å². The Kier molecular flexibility index (Phi) is 4.99. The normalized spacial score (nSPS) is 16.8. The molecule has 4 rings (SSSR count). The van der Waals surface area contributed by atoms with Crippen LogP contribution in [-0.2, 0) is 6.42 Å². The summed E-state index contributed by atoms with van der Waals surface area (Å²) >= 11 is 0. The third kappa shape index (κ3) is 3.83. The molecule has 2 aliphatic rings. The van der Waals surface area contributed by atoms with Crippen LogP contribution in [-0.4, -0.2) is 51.1 Å². The Morgan fingerprint density at radius 2 is 2.04 bits per heavy atom. The molecule has 150 valence electrons. The zero-order chi connectivity index (χ0) is 19.7. The summed E-state index contributed by atoms with van der Waals surface area (Å²) in [6, 6.07) is 1.55. The van der Waals surface area contributed by atoms with Gasteiger partial charge in [-0.25, -0.2) is 9.97 Å². The van der Waals surface area contributed by atoms with Gasteiger partial charge in [0, 0.05) is 36.5 Å². The van der Waals surface area contributed by atoms with Crippen molar-refractivity contribution in [2.75, 3.05) is 18.4 Å². The number of alkyl halides is 3. The minimum absolute atomic E-state index is 0.130. The van der Waals surface area contributed by atoms with Gasteiger partial charge in [0.05, 0.1) is 12.1 Å². The summed E-state index contributed by atoms with van der Waals surface area (Å²) in [5, 5.41) is 3.18. The number of hydrogen-bond acceptors (Lipinski definition) is 4. The number of anilines is 1. The van der Waals surface area contributed by atoms with Crippen molar-refractivity contribution in [3.05, 3.63) is 29.8 Å². The quantitative estimate of drug-likeness (QED) is 0.811. The van der Waals surface area contributed by atoms with Crippen LogP contribution in [0.15, 0.2) is 18.6 Å². The second-order valence-corrected chi connectivity index (χ2v) is 7.33. The van der Waals surface area contributed by atoms with Gasteiger partial charge in [-0.3, -0.25) is 4.79 Å². The van der Waals surface area contributed by atoms with Gasteiger partial charge in [0.25, 0.3) is 5.91 Å². The molecule has 2 N–H and O–H groups in total. The van der Waals surface area contributed by atoms with Gasteiger partial charge < -0.3 is 15.2 Å². The number of carbonyl (C=O) groups excluding carboxylic acids is 1. The molecule has 3 heterocycles. The van der Waals surface area contributed by atoms with E-state index < -0.39 is 12.6 Å². The third-order valence-electron chi connectivity index (χ3n) is 5.46. The Labute approximate surface area is 160 Å². The first-order chi connectivity index (χ1) is 13.4. The van der Waals surface area contributed by atoms with Crippen LogP contribution in [0.25, 0.3) is 11.3 Å². The molecule has 2 aromatic rings. The van der Waals surface area contributed by atoms with Gasteiger partial charge in [0.2, 0.25) is 0 Å². The summed E-state index contributed by atoms with van der Waals surface area (Å²) in [5.41, 5.74) is 2.77. The molecule has 1 saturated carbocycles. The van der Waals surface area contributed by atoms with Crippen LogP contribution < -0.4 is 5.32 Å². The van der Waals surface area contributed by atoms with E-state index in [4.69, 9.17) is 0 Å². The topological polar surface area (TPSA) is 73.9 Å². The van der Waals surface area contributed by atoms with E-state index in [1.807, 2.05) is 0 Å². The molecule has 0 unspecified atom stereocenters. The van der Waals surface area contributed by atoms with Crippen molar-refractivity contribution >= 4 is 11.7 Å². The average molecular weight is 393 g/mol. The molecule has 0 saturated heterocycles. The van der Waals surface area contributed by atoms with Gasteiger partial charge in [0.1, 0.15) is 17.8 Å². The maximum atomic E-state index is 13.0. The fourth-order valence-corrected chi connectivity index (χ4v) is 4.08. The number of nitrogens with one attached hydrogen (secondary N) is 2. The molecular formula is C19H22F3N5O. The molecule has 6 nitrogen and oxygen atoms in total. The molecule has 28 heavy (non-hydrogen) atoms. The molecule has 9 heteroatoms. The molecule has 0 spiro atoms. The number of hydrogen-bond donors (Lipinski definition) is 2. The average Bonchev–Trinajstić information content (AvgIpc) is 3.40. The van der Waals surface area contributed by atoms with Gasteiger partial charge in [-0.15, -0.1) is 0 Å². The second-order valence-electron chi connectivity index (χ2n) is 7.33. The molecule has 0 radical (unpaired) electrons. The van der Waals surface area contributed by atoms with Crippen molar-refractivity contribution < 1.29 is 18.0 Å². The minimum atomic E-state index is -4.29. The summed E-state index contributed by atoms with van der Waals surface area (Å²) in [7, 11) is 0. The van der Waals surface area contributed by atoms with Crippen LogP contribution in [0.3, 0.4) is 0 Å². The van der Waals surface area contributed by atoms with Gasteiger partial charge in [-0.05, 0) is 25.3 Å². The molecule has 0 bridgehead atoms. The highest BCUT2D eigenvalue weighted by molar-refractivity contribution is 5.94. The number of aromatic amines is 1. The van der Waals surface area contributed by atoms with Crippen molar-refractivity contribution in [1.29, 1.82) is 0 Å². The zero-order valence-electron chi connectivity index (χ0n) is 15.4. The monoisotopic (exact) mass is 393 g/mol. The fourth-order valence-electron chi connectivity index (χ4n) is 4.08. The molecule has 0 atom stereocenters. The molecule has 1 amide bonds. The Hall–Kier alpha value is -2.58. The molecule has 0 aromatic carbocycles. The lowest BCUT2D eigenvalue weighted by molar-refractivity contribution is -0.137. The summed E-state index contributed by atoms with van der Waals surface area (Å²) in [4.78, 5) is 25.9. The number of nitrogens with zero attached hydrogens (tertiary/aromatic N) is 3. The van der Waals surface area contributed by atoms with E-state index in [1.54, 1.807) is 12.3 Å². The van der Waals surface area contributed by atoms with E-state index in [0.717, 1.165) is 61.3 Å². The zero-order valence-corrected chi connectivity index (χ0v) is 15.4. The van der Waals surface area contributed by atoms with Crippen LogP contribution in [0, 0.1) is 0 Å². The van der Waals surface area contributed by atoms with Crippen molar-refractivity contribution in [2.24, 2.45) is 0 Å². The minimum Gasteiger partial charge on any atom is -0.369 e. The first-order valence-electron chi connectivity index (χ1n) is 9.56. The summed E-state index contributed by atoms with van der Waals surface area (Å²) < 4.78 is 38.3. The highest BCUT2D eigenvalue weighted by atomic mass is 19.4. The number of rotatable bonds is 5. The van der Waals surface area contributed by atoms with E-state index in [1.165, 1.54) is 11.2 Å². The van der Waals surface area contributed by atoms with E-state index in [0.29, 0.717) is 5.69 Å². The lowest BCUT2D eigenvalue weighted by Crippen LogP contribution is -2.41. The summed E-state index contributed by atoms with van der Waals surface area (Å²) in [5.74, 6) is 0.406. The molecule has 1 fully saturated rings. The van der Waals surface area contributed by atoms with Crippen LogP contribution >= 0.6 is 0 Å². The van der Waals surface area contributed by atoms with E-state index in [2.05, 4.69) is 20.3 Å². The Morgan fingerprint density at radius 1 is 1.25 bits per heavy atom. The first kappa shape index (κ1) is 18.8. The number of carbonyl (C=O) groups is 1. The summed E-state index contributed by atoms with van der Waals surface area (Å²) in [6.07, 6.45) is 2.05. The number of H-pyrrole nitrogens is 1. The van der Waals surface area contributed by atoms with Crippen LogP contribution in [0.5, 0.6) is 0 Å². The number of aromatic nitrogens is 3. The maximum Gasteiger partial charge on any atom is 0.390 e. The highest BCUT2D eigenvalue weighted by Crippen LogP contribution is 2.31. The highest BCUT2D eigenvalue weighted by Gasteiger charge is 2.33. The van der Waals surface area contributed by atoms with Crippen molar-refractivity contribution in [2.45, 2.75) is 50.7 Å². The predicted octanol–water partition coefficient (Wildman–Crippen LogP) is 3.78. The second kappa shape index (κ2) is 7.44. The molecular weight excluding hydrogens is 371 g/mol. The fraction of sp³-hybridized carbons (Fsp3) is 0.526. The van der Waals surface area contributed by atoms with Crippen molar-refractivity contribution in [3.8, 4) is 11.3 Å². The predicted molar refractivity (Wildman–Crippen MR) is 98.0 cm³/mol. The standard InChI is InChI=1S/C19H22F3N5O/c20-19(21,22)6-8-27(13-3-1-2-4-13)18(28)15-9-12(10-24-15)16-14-5-7-23-17(14)26-11-25-16/h9-11,13,24H,1-8H2,(H,23,25,26). The number of amides is 1. The Bertz CT molecular complexity index is 857. The van der Waals surface area contributed by atoms with Gasteiger partial charge in [0.15, 0.2) is 0 Å².